The van der Waals surface area contributed by atoms with Crippen LogP contribution in [0.4, 0.5) is 0 Å². The number of hydrogen-bond donors (Lipinski definition) is 1. The van der Waals surface area contributed by atoms with E-state index < -0.39 is 0 Å². The van der Waals surface area contributed by atoms with Gasteiger partial charge in [0.15, 0.2) is 5.78 Å². The van der Waals surface area contributed by atoms with Crippen molar-refractivity contribution in [2.24, 2.45) is 11.7 Å². The fourth-order valence-corrected chi connectivity index (χ4v) is 2.31. The Kier molecular flexibility index (Phi) is 4.50. The molecular weight excluding hydrogens is 226 g/mol. The maximum absolute atomic E-state index is 12.3. The van der Waals surface area contributed by atoms with Crippen molar-refractivity contribution in [3.05, 3.63) is 35.4 Å². The van der Waals surface area contributed by atoms with Crippen LogP contribution < -0.4 is 5.73 Å². The molecule has 1 saturated heterocycles. The number of benzene rings is 1. The van der Waals surface area contributed by atoms with Crippen LogP contribution in [0.25, 0.3) is 0 Å². The molecule has 1 heterocycles. The number of nitrogens with two attached hydrogens (primary N) is 1. The summed E-state index contributed by atoms with van der Waals surface area (Å²) >= 11 is 0. The van der Waals surface area contributed by atoms with Crippen LogP contribution in [0.2, 0.25) is 0 Å². The molecule has 1 unspecified atom stereocenters. The number of ether oxygens (including phenoxy) is 1. The van der Waals surface area contributed by atoms with Crippen LogP contribution in [0.3, 0.4) is 0 Å². The molecule has 0 bridgehead atoms. The lowest BCUT2D eigenvalue weighted by molar-refractivity contribution is 0.0545. The Labute approximate surface area is 108 Å². The lowest BCUT2D eigenvalue weighted by atomic mass is 9.90. The first kappa shape index (κ1) is 13.2. The van der Waals surface area contributed by atoms with Gasteiger partial charge in [-0.1, -0.05) is 31.2 Å². The van der Waals surface area contributed by atoms with E-state index >= 15 is 0 Å². The highest BCUT2D eigenvalue weighted by Gasteiger charge is 2.22. The molecule has 2 N–H and O–H groups in total. The van der Waals surface area contributed by atoms with Crippen molar-refractivity contribution in [3.8, 4) is 0 Å². The SMILES string of the molecule is CC(CN)c1ccc(C(=O)C2CCOCC2)cc1. The average Bonchev–Trinajstić information content (AvgIpc) is 2.47. The van der Waals surface area contributed by atoms with E-state index in [1.54, 1.807) is 0 Å². The molecule has 0 radical (unpaired) electrons. The monoisotopic (exact) mass is 247 g/mol. The third-order valence-corrected chi connectivity index (χ3v) is 3.71. The van der Waals surface area contributed by atoms with Crippen LogP contribution in [-0.2, 0) is 4.74 Å². The van der Waals surface area contributed by atoms with Crippen molar-refractivity contribution in [2.75, 3.05) is 19.8 Å². The zero-order chi connectivity index (χ0) is 13.0. The van der Waals surface area contributed by atoms with Crippen molar-refractivity contribution < 1.29 is 9.53 Å². The number of ketones is 1. The molecule has 1 aromatic rings. The van der Waals surface area contributed by atoms with Crippen LogP contribution in [-0.4, -0.2) is 25.5 Å². The fraction of sp³-hybridized carbons (Fsp3) is 0.533. The van der Waals surface area contributed by atoms with Crippen LogP contribution in [0.1, 0.15) is 41.6 Å². The Morgan fingerprint density at radius 1 is 1.33 bits per heavy atom. The molecule has 1 aliphatic heterocycles. The van der Waals surface area contributed by atoms with Gasteiger partial charge < -0.3 is 10.5 Å². The maximum Gasteiger partial charge on any atom is 0.166 e. The Hall–Kier alpha value is -1.19. The summed E-state index contributed by atoms with van der Waals surface area (Å²) in [6, 6.07) is 7.90. The molecule has 98 valence electrons. The quantitative estimate of drug-likeness (QED) is 0.831. The van der Waals surface area contributed by atoms with Crippen molar-refractivity contribution in [1.29, 1.82) is 0 Å². The summed E-state index contributed by atoms with van der Waals surface area (Å²) in [5, 5.41) is 0. The third-order valence-electron chi connectivity index (χ3n) is 3.71. The number of Topliss-reactive ketones (excluding diaryl/α,β-unsaturated/α-hetero) is 1. The Morgan fingerprint density at radius 2 is 1.94 bits per heavy atom. The summed E-state index contributed by atoms with van der Waals surface area (Å²) in [5.41, 5.74) is 7.65. The van der Waals surface area contributed by atoms with Gasteiger partial charge in [0.2, 0.25) is 0 Å². The number of carbonyl (C=O) groups excluding carboxylic acids is 1. The minimum absolute atomic E-state index is 0.136. The Bertz CT molecular complexity index is 393. The van der Waals surface area contributed by atoms with Crippen LogP contribution >= 0.6 is 0 Å². The normalized spacial score (nSPS) is 18.6. The highest BCUT2D eigenvalue weighted by molar-refractivity contribution is 5.97. The predicted molar refractivity (Wildman–Crippen MR) is 71.8 cm³/mol. The molecule has 18 heavy (non-hydrogen) atoms. The summed E-state index contributed by atoms with van der Waals surface area (Å²) < 4.78 is 5.28. The average molecular weight is 247 g/mol. The highest BCUT2D eigenvalue weighted by Crippen LogP contribution is 2.21. The molecular formula is C15H21NO2. The van der Waals surface area contributed by atoms with E-state index in [1.807, 2.05) is 24.3 Å². The minimum Gasteiger partial charge on any atom is -0.381 e. The molecule has 0 saturated carbocycles. The molecule has 3 heteroatoms. The standard InChI is InChI=1S/C15H21NO2/c1-11(10-16)12-2-4-13(5-3-12)15(17)14-6-8-18-9-7-14/h2-5,11,14H,6-10,16H2,1H3. The largest absolute Gasteiger partial charge is 0.381 e. The van der Waals surface area contributed by atoms with Gasteiger partial charge in [0.1, 0.15) is 0 Å². The lowest BCUT2D eigenvalue weighted by Gasteiger charge is -2.21. The fourth-order valence-electron chi connectivity index (χ4n) is 2.31. The van der Waals surface area contributed by atoms with Gasteiger partial charge in [-0.05, 0) is 30.9 Å². The second kappa shape index (κ2) is 6.12. The van der Waals surface area contributed by atoms with E-state index in [-0.39, 0.29) is 11.7 Å². The molecule has 2 rings (SSSR count). The summed E-state index contributed by atoms with van der Waals surface area (Å²) in [6.07, 6.45) is 1.69. The van der Waals surface area contributed by atoms with Gasteiger partial charge in [0, 0.05) is 24.7 Å². The molecule has 0 amide bonds. The number of carbonyl (C=O) groups is 1. The second-order valence-corrected chi connectivity index (χ2v) is 5.01. The second-order valence-electron chi connectivity index (χ2n) is 5.01. The van der Waals surface area contributed by atoms with E-state index in [0.717, 1.165) is 18.4 Å². The summed E-state index contributed by atoms with van der Waals surface area (Å²) in [6.45, 7) is 4.14. The summed E-state index contributed by atoms with van der Waals surface area (Å²) in [5.74, 6) is 0.735. The maximum atomic E-state index is 12.3. The molecule has 0 aliphatic carbocycles. The van der Waals surface area contributed by atoms with Crippen molar-refractivity contribution in [2.45, 2.75) is 25.7 Å². The lowest BCUT2D eigenvalue weighted by Crippen LogP contribution is -2.23. The Balaban J connectivity index is 2.06. The van der Waals surface area contributed by atoms with Gasteiger partial charge in [-0.15, -0.1) is 0 Å². The first-order valence-electron chi connectivity index (χ1n) is 6.64. The predicted octanol–water partition coefficient (Wildman–Crippen LogP) is 2.36. The summed E-state index contributed by atoms with van der Waals surface area (Å²) in [7, 11) is 0. The van der Waals surface area contributed by atoms with Crippen molar-refractivity contribution in [1.82, 2.24) is 0 Å². The number of rotatable bonds is 4. The molecule has 1 atom stereocenters. The molecule has 0 spiro atoms. The van der Waals surface area contributed by atoms with Gasteiger partial charge in [-0.25, -0.2) is 0 Å². The van der Waals surface area contributed by atoms with E-state index in [2.05, 4.69) is 6.92 Å². The van der Waals surface area contributed by atoms with Gasteiger partial charge in [0.25, 0.3) is 0 Å². The third kappa shape index (κ3) is 2.98. The zero-order valence-corrected chi connectivity index (χ0v) is 10.9. The van der Waals surface area contributed by atoms with Gasteiger partial charge >= 0.3 is 0 Å². The van der Waals surface area contributed by atoms with Gasteiger partial charge in [0.05, 0.1) is 0 Å². The Morgan fingerprint density at radius 3 is 2.50 bits per heavy atom. The first-order chi connectivity index (χ1) is 8.72. The van der Waals surface area contributed by atoms with Crippen LogP contribution in [0.5, 0.6) is 0 Å². The zero-order valence-electron chi connectivity index (χ0n) is 10.9. The first-order valence-corrected chi connectivity index (χ1v) is 6.64. The van der Waals surface area contributed by atoms with Crippen molar-refractivity contribution >= 4 is 5.78 Å². The summed E-state index contributed by atoms with van der Waals surface area (Å²) in [4.78, 5) is 12.3. The van der Waals surface area contributed by atoms with Crippen LogP contribution in [0, 0.1) is 5.92 Å². The smallest absolute Gasteiger partial charge is 0.166 e. The van der Waals surface area contributed by atoms with Gasteiger partial charge in [-0.3, -0.25) is 4.79 Å². The minimum atomic E-state index is 0.136. The molecule has 3 nitrogen and oxygen atoms in total. The number of hydrogen-bond acceptors (Lipinski definition) is 3. The van der Waals surface area contributed by atoms with E-state index in [1.165, 1.54) is 5.56 Å². The highest BCUT2D eigenvalue weighted by atomic mass is 16.5. The molecule has 0 aromatic heterocycles. The van der Waals surface area contributed by atoms with E-state index in [4.69, 9.17) is 10.5 Å². The molecule has 1 fully saturated rings. The van der Waals surface area contributed by atoms with E-state index in [0.29, 0.717) is 25.7 Å². The van der Waals surface area contributed by atoms with E-state index in [9.17, 15) is 4.79 Å². The van der Waals surface area contributed by atoms with Crippen LogP contribution in [0.15, 0.2) is 24.3 Å². The topological polar surface area (TPSA) is 52.3 Å². The van der Waals surface area contributed by atoms with Crippen molar-refractivity contribution in [3.63, 3.8) is 0 Å². The van der Waals surface area contributed by atoms with Gasteiger partial charge in [-0.2, -0.15) is 0 Å². The molecule has 1 aliphatic rings. The molecule has 1 aromatic carbocycles.